The lowest BCUT2D eigenvalue weighted by Gasteiger charge is -1.98. The number of halogens is 1. The van der Waals surface area contributed by atoms with Gasteiger partial charge >= 0.3 is 0 Å². The van der Waals surface area contributed by atoms with E-state index in [0.717, 1.165) is 26.9 Å². The number of nitrogens with zero attached hydrogens (tertiary/aromatic N) is 4. The minimum Gasteiger partial charge on any atom is -0.182 e. The van der Waals surface area contributed by atoms with Crippen molar-refractivity contribution in [2.75, 3.05) is 0 Å². The van der Waals surface area contributed by atoms with Crippen LogP contribution in [0.5, 0.6) is 0 Å². The van der Waals surface area contributed by atoms with Gasteiger partial charge < -0.3 is 0 Å². The van der Waals surface area contributed by atoms with Gasteiger partial charge in [0, 0.05) is 16.1 Å². The molecule has 4 rings (SSSR count). The highest BCUT2D eigenvalue weighted by Crippen LogP contribution is 2.28. The van der Waals surface area contributed by atoms with Crippen molar-refractivity contribution in [3.63, 3.8) is 0 Å². The van der Waals surface area contributed by atoms with Crippen molar-refractivity contribution in [1.29, 1.82) is 0 Å². The molecule has 0 atom stereocenters. The van der Waals surface area contributed by atoms with Gasteiger partial charge in [0.25, 0.3) is 0 Å². The van der Waals surface area contributed by atoms with Gasteiger partial charge in [-0.15, -0.1) is 10.2 Å². The second-order valence-corrected chi connectivity index (χ2v) is 6.39. The van der Waals surface area contributed by atoms with Crippen LogP contribution in [-0.4, -0.2) is 19.8 Å². The molecule has 4 aromatic rings. The smallest absolute Gasteiger partial charge is 0.182 e. The number of hydrogen-bond donors (Lipinski definition) is 0. The first-order chi connectivity index (χ1) is 10.7. The van der Waals surface area contributed by atoms with E-state index in [2.05, 4.69) is 46.5 Å². The highest BCUT2D eigenvalue weighted by atomic mass is 35.5. The van der Waals surface area contributed by atoms with E-state index in [-0.39, 0.29) is 0 Å². The second kappa shape index (κ2) is 5.19. The predicted molar refractivity (Wildman–Crippen MR) is 89.3 cm³/mol. The topological polar surface area (TPSA) is 43.1 Å². The normalized spacial score (nSPS) is 11.2. The van der Waals surface area contributed by atoms with Crippen LogP contribution in [0.3, 0.4) is 0 Å². The van der Waals surface area contributed by atoms with Gasteiger partial charge in [0.1, 0.15) is 5.01 Å². The van der Waals surface area contributed by atoms with E-state index < -0.39 is 0 Å². The highest BCUT2D eigenvalue weighted by molar-refractivity contribution is 7.19. The summed E-state index contributed by atoms with van der Waals surface area (Å²) in [6, 6.07) is 15.8. The Morgan fingerprint density at radius 2 is 1.59 bits per heavy atom. The van der Waals surface area contributed by atoms with E-state index in [1.54, 1.807) is 4.52 Å². The van der Waals surface area contributed by atoms with E-state index in [4.69, 9.17) is 11.6 Å². The minimum absolute atomic E-state index is 0.697. The van der Waals surface area contributed by atoms with Gasteiger partial charge in [-0.25, -0.2) is 0 Å². The van der Waals surface area contributed by atoms with E-state index in [9.17, 15) is 0 Å². The van der Waals surface area contributed by atoms with Crippen LogP contribution in [0.25, 0.3) is 26.9 Å². The average molecular weight is 327 g/mol. The standard InChI is InChI=1S/C16H11ClN4S/c1-10-2-4-12(5-3-10)15-20-21-14(18-19-16(21)22-15)11-6-8-13(17)9-7-11/h2-9H,1H3. The van der Waals surface area contributed by atoms with E-state index in [1.165, 1.54) is 16.9 Å². The molecule has 22 heavy (non-hydrogen) atoms. The van der Waals surface area contributed by atoms with Gasteiger partial charge in [0.15, 0.2) is 5.82 Å². The van der Waals surface area contributed by atoms with Crippen molar-refractivity contribution in [2.24, 2.45) is 0 Å². The molecule has 0 bridgehead atoms. The van der Waals surface area contributed by atoms with E-state index >= 15 is 0 Å². The van der Waals surface area contributed by atoms with Crippen LogP contribution >= 0.6 is 22.9 Å². The summed E-state index contributed by atoms with van der Waals surface area (Å²) in [5, 5.41) is 14.7. The zero-order valence-corrected chi connectivity index (χ0v) is 13.3. The van der Waals surface area contributed by atoms with Crippen LogP contribution in [0.2, 0.25) is 5.02 Å². The quantitative estimate of drug-likeness (QED) is 0.545. The molecular formula is C16H11ClN4S. The van der Waals surface area contributed by atoms with Gasteiger partial charge in [-0.1, -0.05) is 52.8 Å². The van der Waals surface area contributed by atoms with Crippen LogP contribution in [0.1, 0.15) is 5.56 Å². The third kappa shape index (κ3) is 2.28. The summed E-state index contributed by atoms with van der Waals surface area (Å²) < 4.78 is 1.78. The summed E-state index contributed by atoms with van der Waals surface area (Å²) in [6.07, 6.45) is 0. The van der Waals surface area contributed by atoms with Gasteiger partial charge in [-0.2, -0.15) is 9.61 Å². The molecule has 0 saturated carbocycles. The average Bonchev–Trinajstić information content (AvgIpc) is 3.09. The van der Waals surface area contributed by atoms with Crippen LogP contribution < -0.4 is 0 Å². The summed E-state index contributed by atoms with van der Waals surface area (Å²) in [6.45, 7) is 2.07. The van der Waals surface area contributed by atoms with Crippen LogP contribution in [-0.2, 0) is 0 Å². The van der Waals surface area contributed by atoms with E-state index in [1.807, 2.05) is 24.3 Å². The van der Waals surface area contributed by atoms with Crippen molar-refractivity contribution in [2.45, 2.75) is 6.92 Å². The fraction of sp³-hybridized carbons (Fsp3) is 0.0625. The Labute approximate surface area is 136 Å². The second-order valence-electron chi connectivity index (χ2n) is 5.00. The van der Waals surface area contributed by atoms with Crippen molar-refractivity contribution >= 4 is 27.9 Å². The number of rotatable bonds is 2. The maximum Gasteiger partial charge on any atom is 0.235 e. The monoisotopic (exact) mass is 326 g/mol. The number of aromatic nitrogens is 4. The Kier molecular flexibility index (Phi) is 3.17. The highest BCUT2D eigenvalue weighted by Gasteiger charge is 2.14. The van der Waals surface area contributed by atoms with Gasteiger partial charge in [-0.05, 0) is 31.2 Å². The molecular weight excluding hydrogens is 316 g/mol. The molecule has 0 N–H and O–H groups in total. The third-order valence-corrected chi connectivity index (χ3v) is 4.59. The van der Waals surface area contributed by atoms with Crippen LogP contribution in [0.4, 0.5) is 0 Å². The molecule has 0 unspecified atom stereocenters. The van der Waals surface area contributed by atoms with Crippen molar-refractivity contribution in [1.82, 2.24) is 19.8 Å². The van der Waals surface area contributed by atoms with Gasteiger partial charge in [0.05, 0.1) is 0 Å². The molecule has 4 nitrogen and oxygen atoms in total. The third-order valence-electron chi connectivity index (χ3n) is 3.39. The molecule has 2 aromatic carbocycles. The number of benzene rings is 2. The Bertz CT molecular complexity index is 939. The molecule has 0 fully saturated rings. The maximum absolute atomic E-state index is 5.93. The van der Waals surface area contributed by atoms with Crippen molar-refractivity contribution in [3.8, 4) is 22.0 Å². The number of fused-ring (bicyclic) bond motifs is 1. The zero-order chi connectivity index (χ0) is 15.1. The maximum atomic E-state index is 5.93. The molecule has 0 aliphatic carbocycles. The summed E-state index contributed by atoms with van der Waals surface area (Å²) in [5.41, 5.74) is 3.26. The molecule has 0 radical (unpaired) electrons. The van der Waals surface area contributed by atoms with Gasteiger partial charge in [-0.3, -0.25) is 0 Å². The Hall–Kier alpha value is -2.24. The first-order valence-electron chi connectivity index (χ1n) is 6.76. The Balaban J connectivity index is 1.82. The van der Waals surface area contributed by atoms with Gasteiger partial charge in [0.2, 0.25) is 4.96 Å². The van der Waals surface area contributed by atoms with Crippen LogP contribution in [0.15, 0.2) is 48.5 Å². The number of aryl methyl sites for hydroxylation is 1. The Morgan fingerprint density at radius 1 is 0.909 bits per heavy atom. The summed E-state index contributed by atoms with van der Waals surface area (Å²) >= 11 is 7.46. The van der Waals surface area contributed by atoms with Crippen LogP contribution in [0, 0.1) is 6.92 Å². The summed E-state index contributed by atoms with van der Waals surface area (Å²) in [5.74, 6) is 0.723. The van der Waals surface area contributed by atoms with Crippen molar-refractivity contribution in [3.05, 3.63) is 59.1 Å². The zero-order valence-electron chi connectivity index (χ0n) is 11.7. The SMILES string of the molecule is Cc1ccc(-c2nn3c(-c4ccc(Cl)cc4)nnc3s2)cc1. The molecule has 6 heteroatoms. The molecule has 0 aliphatic heterocycles. The fourth-order valence-electron chi connectivity index (χ4n) is 2.21. The molecule has 0 amide bonds. The first-order valence-corrected chi connectivity index (χ1v) is 7.95. The Morgan fingerprint density at radius 3 is 2.32 bits per heavy atom. The lowest BCUT2D eigenvalue weighted by molar-refractivity contribution is 0.970. The summed E-state index contributed by atoms with van der Waals surface area (Å²) in [4.78, 5) is 0.778. The molecule has 2 heterocycles. The molecule has 0 aliphatic rings. The molecule has 108 valence electrons. The minimum atomic E-state index is 0.697. The largest absolute Gasteiger partial charge is 0.235 e. The lowest BCUT2D eigenvalue weighted by atomic mass is 10.2. The first kappa shape index (κ1) is 13.4. The fourth-order valence-corrected chi connectivity index (χ4v) is 3.18. The summed E-state index contributed by atoms with van der Waals surface area (Å²) in [7, 11) is 0. The van der Waals surface area contributed by atoms with Crippen molar-refractivity contribution < 1.29 is 0 Å². The molecule has 0 saturated heterocycles. The molecule has 2 aromatic heterocycles. The molecule has 0 spiro atoms. The van der Waals surface area contributed by atoms with E-state index in [0.29, 0.717) is 5.02 Å². The number of hydrogen-bond acceptors (Lipinski definition) is 4. The lowest BCUT2D eigenvalue weighted by Crippen LogP contribution is -1.90. The predicted octanol–water partition coefficient (Wildman–Crippen LogP) is 4.48.